The maximum atomic E-state index is 11.9. The summed E-state index contributed by atoms with van der Waals surface area (Å²) < 4.78 is 45.5. The van der Waals surface area contributed by atoms with E-state index in [-0.39, 0.29) is 31.2 Å². The van der Waals surface area contributed by atoms with Gasteiger partial charge in [-0.2, -0.15) is 13.2 Å². The molecule has 0 spiro atoms. The second-order valence-corrected chi connectivity index (χ2v) is 4.48. The van der Waals surface area contributed by atoms with Crippen molar-refractivity contribution in [3.05, 3.63) is 0 Å². The number of piperidine rings is 1. The molecule has 2 unspecified atom stereocenters. The summed E-state index contributed by atoms with van der Waals surface area (Å²) >= 11 is 0. The fourth-order valence-corrected chi connectivity index (χ4v) is 2.19. The summed E-state index contributed by atoms with van der Waals surface area (Å²) in [5.41, 5.74) is 5.67. The monoisotopic (exact) mass is 306 g/mol. The average molecular weight is 307 g/mol. The van der Waals surface area contributed by atoms with Gasteiger partial charge < -0.3 is 15.2 Å². The van der Waals surface area contributed by atoms with Gasteiger partial charge in [0.1, 0.15) is 6.61 Å². The Morgan fingerprint density at radius 2 is 2.05 bits per heavy atom. The maximum absolute atomic E-state index is 11.9. The number of hydrogen-bond acceptors (Lipinski definition) is 4. The highest BCUT2D eigenvalue weighted by molar-refractivity contribution is 5.85. The van der Waals surface area contributed by atoms with Crippen LogP contribution in [0.3, 0.4) is 0 Å². The summed E-state index contributed by atoms with van der Waals surface area (Å²) in [6.45, 7) is 0.645. The van der Waals surface area contributed by atoms with Gasteiger partial charge in [0.15, 0.2) is 0 Å². The van der Waals surface area contributed by atoms with Gasteiger partial charge >= 0.3 is 6.18 Å². The molecule has 0 aliphatic carbocycles. The summed E-state index contributed by atoms with van der Waals surface area (Å²) in [5, 5.41) is 0. The van der Waals surface area contributed by atoms with E-state index in [1.165, 1.54) is 0 Å². The van der Waals surface area contributed by atoms with Crippen molar-refractivity contribution < 1.29 is 22.6 Å². The molecule has 0 aromatic carbocycles. The number of methoxy groups -OCH3 is 1. The molecule has 0 amide bonds. The number of rotatable bonds is 6. The third-order valence-electron chi connectivity index (χ3n) is 3.18. The molecule has 0 radical (unpaired) electrons. The van der Waals surface area contributed by atoms with Gasteiger partial charge in [-0.3, -0.25) is 4.90 Å². The fourth-order valence-electron chi connectivity index (χ4n) is 2.19. The summed E-state index contributed by atoms with van der Waals surface area (Å²) in [4.78, 5) is 2.08. The highest BCUT2D eigenvalue weighted by atomic mass is 35.5. The molecule has 1 rings (SSSR count). The maximum Gasteiger partial charge on any atom is 0.411 e. The molecule has 1 saturated heterocycles. The molecule has 1 aliphatic rings. The van der Waals surface area contributed by atoms with Crippen LogP contribution < -0.4 is 5.73 Å². The van der Waals surface area contributed by atoms with Crippen molar-refractivity contribution in [3.63, 3.8) is 0 Å². The van der Waals surface area contributed by atoms with Gasteiger partial charge in [-0.1, -0.05) is 0 Å². The summed E-state index contributed by atoms with van der Waals surface area (Å²) in [7, 11) is 1.67. The van der Waals surface area contributed by atoms with Gasteiger partial charge in [0.05, 0.1) is 12.7 Å². The van der Waals surface area contributed by atoms with E-state index < -0.39 is 12.8 Å². The number of ether oxygens (including phenoxy) is 2. The van der Waals surface area contributed by atoms with Crippen LogP contribution in [0.5, 0.6) is 0 Å². The van der Waals surface area contributed by atoms with E-state index in [2.05, 4.69) is 9.64 Å². The first kappa shape index (κ1) is 18.9. The molecule has 19 heavy (non-hydrogen) atoms. The zero-order chi connectivity index (χ0) is 13.6. The molecular formula is C11H22ClF3N2O2. The molecule has 2 atom stereocenters. The van der Waals surface area contributed by atoms with Crippen molar-refractivity contribution in [1.82, 2.24) is 4.90 Å². The largest absolute Gasteiger partial charge is 0.411 e. The van der Waals surface area contributed by atoms with Gasteiger partial charge in [-0.05, 0) is 12.8 Å². The lowest BCUT2D eigenvalue weighted by atomic mass is 9.99. The minimum atomic E-state index is -4.25. The predicted octanol–water partition coefficient (Wildman–Crippen LogP) is 1.43. The van der Waals surface area contributed by atoms with Crippen LogP contribution in [0.2, 0.25) is 0 Å². The number of alkyl halides is 3. The van der Waals surface area contributed by atoms with E-state index in [1.807, 2.05) is 0 Å². The van der Waals surface area contributed by atoms with Gasteiger partial charge in [-0.15, -0.1) is 12.4 Å². The molecule has 1 heterocycles. The summed E-state index contributed by atoms with van der Waals surface area (Å²) in [5.74, 6) is 0. The molecule has 116 valence electrons. The quantitative estimate of drug-likeness (QED) is 0.754. The lowest BCUT2D eigenvalue weighted by molar-refractivity contribution is -0.175. The molecule has 1 aliphatic heterocycles. The Morgan fingerprint density at radius 1 is 1.37 bits per heavy atom. The van der Waals surface area contributed by atoms with Crippen LogP contribution in [0.1, 0.15) is 12.8 Å². The van der Waals surface area contributed by atoms with Crippen molar-refractivity contribution in [1.29, 1.82) is 0 Å². The van der Waals surface area contributed by atoms with Crippen LogP contribution in [0.4, 0.5) is 13.2 Å². The molecule has 8 heteroatoms. The van der Waals surface area contributed by atoms with Crippen LogP contribution in [0, 0.1) is 0 Å². The van der Waals surface area contributed by atoms with Crippen LogP contribution in [0.15, 0.2) is 0 Å². The third kappa shape index (κ3) is 7.31. The van der Waals surface area contributed by atoms with Crippen molar-refractivity contribution in [2.45, 2.75) is 31.2 Å². The van der Waals surface area contributed by atoms with E-state index in [0.717, 1.165) is 19.4 Å². The van der Waals surface area contributed by atoms with Crippen LogP contribution in [0.25, 0.3) is 0 Å². The van der Waals surface area contributed by atoms with Crippen molar-refractivity contribution in [2.75, 3.05) is 40.0 Å². The summed E-state index contributed by atoms with van der Waals surface area (Å²) in [6, 6.07) is 0.165. The standard InChI is InChI=1S/C11H21F3N2O2.ClH/c1-17-10-2-3-16(9(6-10)7-15)4-5-18-8-11(12,13)14;/h9-10H,2-8,15H2,1H3;1H. The second-order valence-electron chi connectivity index (χ2n) is 4.48. The molecule has 0 aromatic rings. The zero-order valence-corrected chi connectivity index (χ0v) is 11.8. The lowest BCUT2D eigenvalue weighted by Crippen LogP contribution is -2.49. The van der Waals surface area contributed by atoms with E-state index >= 15 is 0 Å². The van der Waals surface area contributed by atoms with Gasteiger partial charge in [0, 0.05) is 32.8 Å². The van der Waals surface area contributed by atoms with Crippen molar-refractivity contribution in [3.8, 4) is 0 Å². The number of nitrogens with two attached hydrogens (primary N) is 1. The number of likely N-dealkylation sites (tertiary alicyclic amines) is 1. The molecule has 4 nitrogen and oxygen atoms in total. The minimum Gasteiger partial charge on any atom is -0.381 e. The Kier molecular flexibility index (Phi) is 8.93. The van der Waals surface area contributed by atoms with E-state index in [9.17, 15) is 13.2 Å². The predicted molar refractivity (Wildman–Crippen MR) is 68.6 cm³/mol. The smallest absolute Gasteiger partial charge is 0.381 e. The average Bonchev–Trinajstić information content (AvgIpc) is 2.33. The number of halogens is 4. The van der Waals surface area contributed by atoms with E-state index in [1.54, 1.807) is 7.11 Å². The normalized spacial score (nSPS) is 25.1. The van der Waals surface area contributed by atoms with E-state index in [4.69, 9.17) is 10.5 Å². The first-order valence-corrected chi connectivity index (χ1v) is 6.07. The van der Waals surface area contributed by atoms with Gasteiger partial charge in [0.25, 0.3) is 0 Å². The molecule has 1 fully saturated rings. The Morgan fingerprint density at radius 3 is 2.58 bits per heavy atom. The topological polar surface area (TPSA) is 47.7 Å². The van der Waals surface area contributed by atoms with Crippen molar-refractivity contribution >= 4 is 12.4 Å². The van der Waals surface area contributed by atoms with E-state index in [0.29, 0.717) is 13.1 Å². The minimum absolute atomic E-state index is 0. The fraction of sp³-hybridized carbons (Fsp3) is 1.00. The second kappa shape index (κ2) is 8.97. The molecule has 0 saturated carbocycles. The first-order chi connectivity index (χ1) is 8.46. The van der Waals surface area contributed by atoms with Crippen molar-refractivity contribution in [2.24, 2.45) is 5.73 Å². The van der Waals surface area contributed by atoms with Gasteiger partial charge in [0.2, 0.25) is 0 Å². The molecule has 0 aromatic heterocycles. The van der Waals surface area contributed by atoms with Crippen LogP contribution in [-0.4, -0.2) is 63.2 Å². The zero-order valence-electron chi connectivity index (χ0n) is 11.0. The SMILES string of the molecule is COC1CCN(CCOCC(F)(F)F)C(CN)C1.Cl. The Bertz CT molecular complexity index is 244. The van der Waals surface area contributed by atoms with Crippen LogP contribution >= 0.6 is 12.4 Å². The molecular weight excluding hydrogens is 285 g/mol. The molecule has 2 N–H and O–H groups in total. The number of hydrogen-bond donors (Lipinski definition) is 1. The highest BCUT2D eigenvalue weighted by Gasteiger charge is 2.29. The lowest BCUT2D eigenvalue weighted by Gasteiger charge is -2.38. The van der Waals surface area contributed by atoms with Gasteiger partial charge in [-0.25, -0.2) is 0 Å². The Labute approximate surface area is 117 Å². The Hall–Kier alpha value is -0.0800. The number of nitrogens with zero attached hydrogens (tertiary/aromatic N) is 1. The van der Waals surface area contributed by atoms with Crippen LogP contribution in [-0.2, 0) is 9.47 Å². The Balaban J connectivity index is 0.00000324. The first-order valence-electron chi connectivity index (χ1n) is 6.07. The molecule has 0 bridgehead atoms. The summed E-state index contributed by atoms with van der Waals surface area (Å²) in [6.07, 6.45) is -2.35. The third-order valence-corrected chi connectivity index (χ3v) is 3.18. The highest BCUT2D eigenvalue weighted by Crippen LogP contribution is 2.19.